The predicted octanol–water partition coefficient (Wildman–Crippen LogP) is 11.1. The van der Waals surface area contributed by atoms with Crippen LogP contribution in [-0.4, -0.2) is 16.8 Å². The fraction of sp³-hybridized carbons (Fsp3) is 0.350. The SMILES string of the molecule is CC(=O)/C=C(/C)[N-]C1CCCCC1.CC(C)c1ccc2nc(-c3[c-]ccc4c3C(C)(C)c3c-4oc4ccccc34)ccc2c1.[Ir]. The molecule has 1 radical (unpaired) electrons. The number of ketones is 1. The van der Waals surface area contributed by atoms with Gasteiger partial charge in [0.1, 0.15) is 11.3 Å². The summed E-state index contributed by atoms with van der Waals surface area (Å²) >= 11 is 0. The van der Waals surface area contributed by atoms with E-state index < -0.39 is 0 Å². The standard InChI is InChI=1S/C29H24NO.C11H19NO.Ir/c1-17(2)18-12-14-23-19(16-18)13-15-24(30-23)20-9-7-10-22-26(20)29(3,4)27-21-8-5-6-11-25(21)31-28(22)27;1-9(8-10(2)13)12-11-6-4-3-5-7-11;/h5-8,10-17H,1-4H3;8,11H,3-7H2,1-2H3,(H,12,13);/q-1;;/p-1. The molecule has 0 spiro atoms. The van der Waals surface area contributed by atoms with Crippen LogP contribution in [0.25, 0.3) is 49.8 Å². The van der Waals surface area contributed by atoms with Crippen LogP contribution in [0.1, 0.15) is 96.3 Å². The second-order valence-electron chi connectivity index (χ2n) is 13.2. The monoisotopic (exact) mass is 775 g/mol. The van der Waals surface area contributed by atoms with Crippen molar-refractivity contribution in [3.63, 3.8) is 0 Å². The number of aromatic nitrogens is 1. The third kappa shape index (κ3) is 6.57. The number of hydrogen-bond donors (Lipinski definition) is 0. The molecular weight excluding hydrogens is 733 g/mol. The van der Waals surface area contributed by atoms with E-state index >= 15 is 0 Å². The van der Waals surface area contributed by atoms with E-state index in [-0.39, 0.29) is 31.3 Å². The van der Waals surface area contributed by atoms with Crippen LogP contribution in [0.15, 0.2) is 82.9 Å². The quantitative estimate of drug-likeness (QED) is 0.132. The number of furan rings is 1. The summed E-state index contributed by atoms with van der Waals surface area (Å²) in [6.45, 7) is 12.5. The smallest absolute Gasteiger partial charge is 0.151 e. The molecule has 0 bridgehead atoms. The zero-order valence-corrected chi connectivity index (χ0v) is 29.6. The van der Waals surface area contributed by atoms with Crippen molar-refractivity contribution in [3.05, 3.63) is 107 Å². The summed E-state index contributed by atoms with van der Waals surface area (Å²) < 4.78 is 6.33. The summed E-state index contributed by atoms with van der Waals surface area (Å²) in [5, 5.41) is 6.89. The number of para-hydroxylation sites is 1. The maximum absolute atomic E-state index is 10.8. The van der Waals surface area contributed by atoms with Gasteiger partial charge in [-0.3, -0.25) is 9.78 Å². The Hall–Kier alpha value is -3.53. The van der Waals surface area contributed by atoms with Crippen molar-refractivity contribution in [1.82, 2.24) is 4.98 Å². The summed E-state index contributed by atoms with van der Waals surface area (Å²) in [4.78, 5) is 15.8. The minimum atomic E-state index is -0.192. The molecule has 2 aliphatic carbocycles. The first-order chi connectivity index (χ1) is 21.1. The normalized spacial score (nSPS) is 15.7. The third-order valence-corrected chi connectivity index (χ3v) is 9.10. The van der Waals surface area contributed by atoms with Crippen LogP contribution in [0.2, 0.25) is 0 Å². The molecular formula is C40H42IrN2O2-2. The van der Waals surface area contributed by atoms with Gasteiger partial charge in [0.05, 0.1) is 5.52 Å². The number of hydrogen-bond acceptors (Lipinski definition) is 3. The number of allylic oxidation sites excluding steroid dienone is 2. The van der Waals surface area contributed by atoms with Gasteiger partial charge in [-0.1, -0.05) is 109 Å². The molecule has 0 aliphatic heterocycles. The topological polar surface area (TPSA) is 57.2 Å². The van der Waals surface area contributed by atoms with Crippen molar-refractivity contribution in [1.29, 1.82) is 0 Å². The van der Waals surface area contributed by atoms with Gasteiger partial charge in [-0.2, -0.15) is 5.70 Å². The molecule has 4 nitrogen and oxygen atoms in total. The van der Waals surface area contributed by atoms with Crippen molar-refractivity contribution in [3.8, 4) is 22.6 Å². The van der Waals surface area contributed by atoms with Crippen LogP contribution >= 0.6 is 0 Å². The van der Waals surface area contributed by atoms with Crippen LogP contribution in [0.4, 0.5) is 0 Å². The molecule has 0 unspecified atom stereocenters. The second kappa shape index (κ2) is 13.4. The summed E-state index contributed by atoms with van der Waals surface area (Å²) in [7, 11) is 0. The molecule has 3 aromatic carbocycles. The zero-order valence-electron chi connectivity index (χ0n) is 27.2. The molecule has 1 fully saturated rings. The molecule has 1 saturated carbocycles. The summed E-state index contributed by atoms with van der Waals surface area (Å²) in [5.74, 6) is 1.59. The van der Waals surface area contributed by atoms with E-state index in [9.17, 15) is 4.79 Å². The Balaban J connectivity index is 0.000000243. The van der Waals surface area contributed by atoms with E-state index in [1.807, 2.05) is 19.1 Å². The Labute approximate surface area is 281 Å². The van der Waals surface area contributed by atoms with E-state index in [1.54, 1.807) is 13.0 Å². The fourth-order valence-electron chi connectivity index (χ4n) is 6.99. The molecule has 0 amide bonds. The van der Waals surface area contributed by atoms with E-state index in [0.717, 1.165) is 39.4 Å². The van der Waals surface area contributed by atoms with Gasteiger partial charge in [-0.25, -0.2) is 0 Å². The first-order valence-corrected chi connectivity index (χ1v) is 16.0. The minimum Gasteiger partial charge on any atom is -0.685 e. The third-order valence-electron chi connectivity index (χ3n) is 9.10. The van der Waals surface area contributed by atoms with E-state index in [1.165, 1.54) is 59.6 Å². The molecule has 2 heterocycles. The molecule has 7 rings (SSSR count). The zero-order chi connectivity index (χ0) is 31.0. The molecule has 235 valence electrons. The van der Waals surface area contributed by atoms with Crippen molar-refractivity contribution in [2.75, 3.05) is 0 Å². The number of fused-ring (bicyclic) bond motifs is 6. The maximum atomic E-state index is 10.8. The van der Waals surface area contributed by atoms with E-state index in [2.05, 4.69) is 93.7 Å². The van der Waals surface area contributed by atoms with Crippen LogP contribution in [-0.2, 0) is 30.3 Å². The molecule has 0 saturated heterocycles. The maximum Gasteiger partial charge on any atom is 0.151 e. The molecule has 2 aromatic heterocycles. The van der Waals surface area contributed by atoms with Gasteiger partial charge in [0.2, 0.25) is 0 Å². The Kier molecular flexibility index (Phi) is 9.82. The number of carbonyl (C=O) groups excluding carboxylic acids is 1. The van der Waals surface area contributed by atoms with Crippen LogP contribution in [0, 0.1) is 6.07 Å². The van der Waals surface area contributed by atoms with Crippen LogP contribution < -0.4 is 0 Å². The van der Waals surface area contributed by atoms with Crippen molar-refractivity contribution < 1.29 is 29.3 Å². The molecule has 0 N–H and O–H groups in total. The number of carbonyl (C=O) groups is 1. The second-order valence-corrected chi connectivity index (χ2v) is 13.2. The van der Waals surface area contributed by atoms with Crippen LogP contribution in [0.5, 0.6) is 0 Å². The van der Waals surface area contributed by atoms with Gasteiger partial charge >= 0.3 is 0 Å². The Bertz CT molecular complexity index is 1870. The van der Waals surface area contributed by atoms with Crippen molar-refractivity contribution in [2.45, 2.75) is 91.0 Å². The average molecular weight is 775 g/mol. The largest absolute Gasteiger partial charge is 0.685 e. The molecule has 45 heavy (non-hydrogen) atoms. The van der Waals surface area contributed by atoms with E-state index in [4.69, 9.17) is 9.40 Å². The average Bonchev–Trinajstić information content (AvgIpc) is 3.50. The van der Waals surface area contributed by atoms with Crippen molar-refractivity contribution in [2.24, 2.45) is 0 Å². The van der Waals surface area contributed by atoms with Gasteiger partial charge in [-0.15, -0.1) is 35.4 Å². The number of pyridine rings is 1. The molecule has 5 aromatic rings. The summed E-state index contributed by atoms with van der Waals surface area (Å²) in [6, 6.07) is 27.3. The number of rotatable bonds is 5. The first kappa shape index (κ1) is 32.9. The molecule has 5 heteroatoms. The minimum absolute atomic E-state index is 0. The fourth-order valence-corrected chi connectivity index (χ4v) is 6.99. The summed E-state index contributed by atoms with van der Waals surface area (Å²) in [5.41, 5.74) is 9.70. The Morgan fingerprint density at radius 1 is 1.00 bits per heavy atom. The molecule has 2 aliphatic rings. The summed E-state index contributed by atoms with van der Waals surface area (Å²) in [6.07, 6.45) is 7.95. The van der Waals surface area contributed by atoms with Crippen LogP contribution in [0.3, 0.4) is 0 Å². The Morgan fingerprint density at radius 3 is 2.49 bits per heavy atom. The van der Waals surface area contributed by atoms with Crippen molar-refractivity contribution >= 4 is 27.7 Å². The predicted molar refractivity (Wildman–Crippen MR) is 182 cm³/mol. The van der Waals surface area contributed by atoms with Gasteiger partial charge in [0.15, 0.2) is 5.78 Å². The number of nitrogens with zero attached hydrogens (tertiary/aromatic N) is 2. The van der Waals surface area contributed by atoms with Gasteiger partial charge in [-0.05, 0) is 59.2 Å². The number of benzene rings is 3. The van der Waals surface area contributed by atoms with E-state index in [0.29, 0.717) is 12.0 Å². The molecule has 0 atom stereocenters. The van der Waals surface area contributed by atoms with Gasteiger partial charge in [0.25, 0.3) is 0 Å². The first-order valence-electron chi connectivity index (χ1n) is 16.0. The Morgan fingerprint density at radius 2 is 1.76 bits per heavy atom. The van der Waals surface area contributed by atoms with Gasteiger partial charge < -0.3 is 9.73 Å². The van der Waals surface area contributed by atoms with Gasteiger partial charge in [0, 0.05) is 31.1 Å².